The standard InChI is InChI=1S/C15H9BrN2O5S2/c16-11-5-10(25-14(11)18(21)22)6-12-13(20)17(15(24)23-12)9-3-1-8(7-19)2-4-9/h1-6,19H,7H2/b12-6+. The highest BCUT2D eigenvalue weighted by Gasteiger charge is 2.35. The Kier molecular flexibility index (Phi) is 4.95. The second-order valence-electron chi connectivity index (χ2n) is 4.90. The number of ether oxygens (including phenoxy) is 1. The summed E-state index contributed by atoms with van der Waals surface area (Å²) in [5.74, 6) is -0.478. The number of carbonyl (C=O) groups is 1. The minimum Gasteiger partial charge on any atom is -0.425 e. The summed E-state index contributed by atoms with van der Waals surface area (Å²) in [6, 6.07) is 8.18. The molecule has 2 aromatic rings. The number of hydrogen-bond donors (Lipinski definition) is 1. The van der Waals surface area contributed by atoms with Crippen LogP contribution in [0.2, 0.25) is 0 Å². The van der Waals surface area contributed by atoms with Crippen molar-refractivity contribution in [1.82, 2.24) is 0 Å². The molecule has 0 unspecified atom stereocenters. The first-order valence-corrected chi connectivity index (χ1v) is 8.84. The van der Waals surface area contributed by atoms with Gasteiger partial charge in [0, 0.05) is 11.0 Å². The maximum atomic E-state index is 12.6. The zero-order valence-electron chi connectivity index (χ0n) is 12.3. The molecule has 0 spiro atoms. The summed E-state index contributed by atoms with van der Waals surface area (Å²) >= 11 is 9.13. The molecular formula is C15H9BrN2O5S2. The molecule has 0 atom stereocenters. The van der Waals surface area contributed by atoms with E-state index in [0.29, 0.717) is 20.6 Å². The minimum absolute atomic E-state index is 0.0140. The van der Waals surface area contributed by atoms with Crippen molar-refractivity contribution in [1.29, 1.82) is 0 Å². The highest BCUT2D eigenvalue weighted by atomic mass is 79.9. The maximum absolute atomic E-state index is 12.6. The number of nitrogens with zero attached hydrogens (tertiary/aromatic N) is 2. The first kappa shape index (κ1) is 17.7. The number of aliphatic hydroxyl groups excluding tert-OH is 1. The molecule has 1 aliphatic heterocycles. The van der Waals surface area contributed by atoms with Crippen LogP contribution in [0.3, 0.4) is 0 Å². The number of anilines is 1. The summed E-state index contributed by atoms with van der Waals surface area (Å²) in [5, 5.41) is 19.9. The number of thiophene rings is 1. The van der Waals surface area contributed by atoms with Gasteiger partial charge in [-0.1, -0.05) is 23.5 Å². The van der Waals surface area contributed by atoms with Crippen LogP contribution in [0, 0.1) is 10.1 Å². The van der Waals surface area contributed by atoms with Gasteiger partial charge in [0.05, 0.1) is 17.2 Å². The Bertz CT molecular complexity index is 907. The lowest BCUT2D eigenvalue weighted by Crippen LogP contribution is -2.28. The monoisotopic (exact) mass is 440 g/mol. The van der Waals surface area contributed by atoms with Crippen LogP contribution in [0.1, 0.15) is 10.4 Å². The second-order valence-corrected chi connectivity index (χ2v) is 7.17. The first-order chi connectivity index (χ1) is 11.9. The smallest absolute Gasteiger partial charge is 0.338 e. The predicted molar refractivity (Wildman–Crippen MR) is 100 cm³/mol. The van der Waals surface area contributed by atoms with E-state index in [9.17, 15) is 14.9 Å². The van der Waals surface area contributed by atoms with Crippen LogP contribution in [-0.4, -0.2) is 21.1 Å². The third-order valence-electron chi connectivity index (χ3n) is 3.30. The summed E-state index contributed by atoms with van der Waals surface area (Å²) in [6.45, 7) is -0.105. The molecule has 1 aliphatic rings. The van der Waals surface area contributed by atoms with Gasteiger partial charge in [-0.2, -0.15) is 0 Å². The van der Waals surface area contributed by atoms with Gasteiger partial charge in [-0.25, -0.2) is 4.90 Å². The predicted octanol–water partition coefficient (Wildman–Crippen LogP) is 3.60. The summed E-state index contributed by atoms with van der Waals surface area (Å²) in [6.07, 6.45) is 1.42. The van der Waals surface area contributed by atoms with Crippen molar-refractivity contribution in [3.63, 3.8) is 0 Å². The van der Waals surface area contributed by atoms with E-state index >= 15 is 0 Å². The van der Waals surface area contributed by atoms with Crippen molar-refractivity contribution in [2.75, 3.05) is 4.90 Å². The zero-order chi connectivity index (χ0) is 18.1. The van der Waals surface area contributed by atoms with E-state index in [-0.39, 0.29) is 22.5 Å². The molecular weight excluding hydrogens is 432 g/mol. The Balaban J connectivity index is 1.90. The molecule has 1 saturated heterocycles. The Morgan fingerprint density at radius 2 is 2.08 bits per heavy atom. The molecule has 1 aromatic heterocycles. The van der Waals surface area contributed by atoms with E-state index in [1.54, 1.807) is 24.3 Å². The molecule has 1 fully saturated rings. The van der Waals surface area contributed by atoms with Gasteiger partial charge in [-0.15, -0.1) is 0 Å². The zero-order valence-corrected chi connectivity index (χ0v) is 15.6. The van der Waals surface area contributed by atoms with Crippen LogP contribution in [0.5, 0.6) is 0 Å². The number of benzene rings is 1. The number of carbonyl (C=O) groups excluding carboxylic acids is 1. The largest absolute Gasteiger partial charge is 0.425 e. The molecule has 0 radical (unpaired) electrons. The van der Waals surface area contributed by atoms with Gasteiger partial charge in [0.2, 0.25) is 0 Å². The van der Waals surface area contributed by atoms with Crippen LogP contribution in [-0.2, 0) is 16.1 Å². The van der Waals surface area contributed by atoms with Gasteiger partial charge >= 0.3 is 10.9 Å². The Morgan fingerprint density at radius 1 is 1.40 bits per heavy atom. The third kappa shape index (κ3) is 3.47. The fraction of sp³-hybridized carbons (Fsp3) is 0.0667. The molecule has 3 rings (SSSR count). The molecule has 0 aliphatic carbocycles. The maximum Gasteiger partial charge on any atom is 0.338 e. The number of aliphatic hydroxyl groups is 1. The topological polar surface area (TPSA) is 92.9 Å². The lowest BCUT2D eigenvalue weighted by molar-refractivity contribution is -0.380. The van der Waals surface area contributed by atoms with E-state index in [2.05, 4.69) is 15.9 Å². The van der Waals surface area contributed by atoms with E-state index < -0.39 is 10.8 Å². The number of nitro groups is 1. The van der Waals surface area contributed by atoms with Crippen LogP contribution in [0.4, 0.5) is 10.7 Å². The van der Waals surface area contributed by atoms with Crippen molar-refractivity contribution < 1.29 is 19.6 Å². The normalized spacial score (nSPS) is 15.8. The molecule has 1 N–H and O–H groups in total. The number of halogens is 1. The summed E-state index contributed by atoms with van der Waals surface area (Å²) in [5.41, 5.74) is 1.21. The van der Waals surface area contributed by atoms with Gasteiger partial charge in [0.1, 0.15) is 4.47 Å². The van der Waals surface area contributed by atoms with Crippen LogP contribution in [0.15, 0.2) is 40.6 Å². The molecule has 10 heteroatoms. The number of hydrogen-bond acceptors (Lipinski definition) is 7. The lowest BCUT2D eigenvalue weighted by atomic mass is 10.2. The van der Waals surface area contributed by atoms with Crippen molar-refractivity contribution in [2.45, 2.75) is 6.61 Å². The van der Waals surface area contributed by atoms with Crippen molar-refractivity contribution in [3.05, 3.63) is 61.1 Å². The molecule has 25 heavy (non-hydrogen) atoms. The number of thiocarbonyl (C=S) groups is 1. The molecule has 1 amide bonds. The molecule has 128 valence electrons. The third-order valence-corrected chi connectivity index (χ3v) is 5.46. The molecule has 0 saturated carbocycles. The van der Waals surface area contributed by atoms with Crippen molar-refractivity contribution in [2.24, 2.45) is 0 Å². The Hall–Kier alpha value is -2.14. The van der Waals surface area contributed by atoms with E-state index in [4.69, 9.17) is 22.1 Å². The lowest BCUT2D eigenvalue weighted by Gasteiger charge is -2.12. The number of rotatable bonds is 4. The fourth-order valence-electron chi connectivity index (χ4n) is 2.14. The summed E-state index contributed by atoms with van der Waals surface area (Å²) in [4.78, 5) is 24.7. The highest BCUT2D eigenvalue weighted by molar-refractivity contribution is 9.10. The van der Waals surface area contributed by atoms with Gasteiger partial charge < -0.3 is 9.84 Å². The summed E-state index contributed by atoms with van der Waals surface area (Å²) in [7, 11) is 0. The van der Waals surface area contributed by atoms with Crippen molar-refractivity contribution >= 4 is 67.3 Å². The van der Waals surface area contributed by atoms with Gasteiger partial charge in [-0.3, -0.25) is 14.9 Å². The molecule has 7 nitrogen and oxygen atoms in total. The molecule has 0 bridgehead atoms. The average Bonchev–Trinajstić information content (AvgIpc) is 3.08. The molecule has 1 aromatic carbocycles. The fourth-order valence-corrected chi connectivity index (χ4v) is 4.00. The van der Waals surface area contributed by atoms with E-state index in [1.165, 1.54) is 17.0 Å². The van der Waals surface area contributed by atoms with Gasteiger partial charge in [-0.05, 0) is 51.9 Å². The van der Waals surface area contributed by atoms with Crippen LogP contribution < -0.4 is 4.90 Å². The quantitative estimate of drug-likeness (QED) is 0.337. The Morgan fingerprint density at radius 3 is 2.64 bits per heavy atom. The first-order valence-electron chi connectivity index (χ1n) is 6.82. The number of amides is 1. The van der Waals surface area contributed by atoms with Crippen molar-refractivity contribution in [3.8, 4) is 0 Å². The van der Waals surface area contributed by atoms with E-state index in [0.717, 1.165) is 11.3 Å². The highest BCUT2D eigenvalue weighted by Crippen LogP contribution is 2.36. The van der Waals surface area contributed by atoms with E-state index in [1.807, 2.05) is 0 Å². The summed E-state index contributed by atoms with van der Waals surface area (Å²) < 4.78 is 5.68. The Labute approximate surface area is 159 Å². The van der Waals surface area contributed by atoms with Crippen LogP contribution in [0.25, 0.3) is 6.08 Å². The molecule has 2 heterocycles. The SMILES string of the molecule is O=C1/C(=C\c2cc(Br)c([N+](=O)[O-])s2)OC(=S)N1c1ccc(CO)cc1. The van der Waals surface area contributed by atoms with Gasteiger partial charge in [0.25, 0.3) is 5.17 Å². The van der Waals surface area contributed by atoms with Crippen LogP contribution >= 0.6 is 39.5 Å². The second kappa shape index (κ2) is 7.00. The average molecular weight is 441 g/mol. The minimum atomic E-state index is -0.506. The van der Waals surface area contributed by atoms with Gasteiger partial charge in [0.15, 0.2) is 5.76 Å².